The third-order valence-corrected chi connectivity index (χ3v) is 7.96. The highest BCUT2D eigenvalue weighted by molar-refractivity contribution is 7.92. The first-order valence-corrected chi connectivity index (χ1v) is 14.4. The summed E-state index contributed by atoms with van der Waals surface area (Å²) >= 11 is 0.949. The molecule has 0 saturated heterocycles. The van der Waals surface area contributed by atoms with Crippen LogP contribution in [-0.4, -0.2) is 62.0 Å². The second-order valence-corrected chi connectivity index (χ2v) is 11.4. The lowest BCUT2D eigenvalue weighted by molar-refractivity contribution is -0.139. The van der Waals surface area contributed by atoms with Crippen LogP contribution in [0.5, 0.6) is 0 Å². The van der Waals surface area contributed by atoms with Gasteiger partial charge in [-0.25, -0.2) is 13.2 Å². The Hall–Kier alpha value is -4.04. The summed E-state index contributed by atoms with van der Waals surface area (Å²) < 4.78 is 28.6. The molecule has 0 bridgehead atoms. The standard InChI is InChI=1S/C25H30N6O6S2/c1-15-12-17(29-14-15)7-8-21(32)16-4-2-5-18(13-16)39(36,37)31-19-9-11-38-22(19)23(33)30-20(24(34)35)6-3-10-28-25(26)27/h2,4-5,9,11-13,20,31H,3,6-8,10,14H2,1H3,(H,30,33)(H,34,35)(H4,26,27,28)/t20-/m0/s1. The Morgan fingerprint density at radius 3 is 2.67 bits per heavy atom. The van der Waals surface area contributed by atoms with E-state index in [4.69, 9.17) is 11.5 Å². The maximum atomic E-state index is 13.1. The number of carbonyl (C=O) groups is 3. The second-order valence-electron chi connectivity index (χ2n) is 8.83. The van der Waals surface area contributed by atoms with Gasteiger partial charge in [0.2, 0.25) is 0 Å². The molecule has 0 aliphatic carbocycles. The number of nitrogens with zero attached hydrogens (tertiary/aromatic N) is 2. The molecule has 12 nitrogen and oxygen atoms in total. The van der Waals surface area contributed by atoms with Gasteiger partial charge in [0.05, 0.1) is 17.1 Å². The number of rotatable bonds is 14. The van der Waals surface area contributed by atoms with Crippen LogP contribution in [0.2, 0.25) is 0 Å². The minimum Gasteiger partial charge on any atom is -0.480 e. The first-order valence-electron chi connectivity index (χ1n) is 12.0. The summed E-state index contributed by atoms with van der Waals surface area (Å²) in [6.07, 6.45) is 2.96. The van der Waals surface area contributed by atoms with Crippen molar-refractivity contribution in [1.29, 1.82) is 0 Å². The van der Waals surface area contributed by atoms with Gasteiger partial charge in [-0.2, -0.15) is 0 Å². The number of anilines is 1. The van der Waals surface area contributed by atoms with E-state index in [-0.39, 0.29) is 52.2 Å². The maximum Gasteiger partial charge on any atom is 0.326 e. The lowest BCUT2D eigenvalue weighted by Gasteiger charge is -2.15. The topological polar surface area (TPSA) is 206 Å². The van der Waals surface area contributed by atoms with Gasteiger partial charge in [-0.05, 0) is 55.8 Å². The second kappa shape index (κ2) is 13.2. The van der Waals surface area contributed by atoms with Crippen LogP contribution in [0.1, 0.15) is 52.6 Å². The van der Waals surface area contributed by atoms with Gasteiger partial charge in [0, 0.05) is 24.2 Å². The van der Waals surface area contributed by atoms with Crippen LogP contribution < -0.4 is 21.5 Å². The van der Waals surface area contributed by atoms with Crippen molar-refractivity contribution in [2.24, 2.45) is 21.5 Å². The van der Waals surface area contributed by atoms with Crippen molar-refractivity contribution < 1.29 is 27.9 Å². The van der Waals surface area contributed by atoms with E-state index >= 15 is 0 Å². The Morgan fingerprint density at radius 1 is 1.23 bits per heavy atom. The fraction of sp³-hybridized carbons (Fsp3) is 0.320. The number of carbonyl (C=O) groups excluding carboxylic acids is 2. The molecule has 0 radical (unpaired) electrons. The number of hydrogen-bond acceptors (Lipinski definition) is 8. The number of carboxylic acids is 1. The van der Waals surface area contributed by atoms with Crippen LogP contribution in [0.25, 0.3) is 0 Å². The van der Waals surface area contributed by atoms with Crippen LogP contribution in [0.15, 0.2) is 62.2 Å². The van der Waals surface area contributed by atoms with Crippen LogP contribution >= 0.6 is 11.3 Å². The molecule has 7 N–H and O–H groups in total. The van der Waals surface area contributed by atoms with Crippen molar-refractivity contribution in [2.75, 3.05) is 17.8 Å². The molecule has 0 fully saturated rings. The molecule has 2 aromatic rings. The van der Waals surface area contributed by atoms with Crippen LogP contribution in [0.3, 0.4) is 0 Å². The highest BCUT2D eigenvalue weighted by Gasteiger charge is 2.25. The number of allylic oxidation sites excluding steroid dienone is 1. The number of Topliss-reactive ketones (excluding diaryl/α,β-unsaturated/α-hetero) is 1. The first-order chi connectivity index (χ1) is 18.5. The normalized spacial score (nSPS) is 13.7. The predicted octanol–water partition coefficient (Wildman–Crippen LogP) is 2.15. The van der Waals surface area contributed by atoms with Gasteiger partial charge in [0.1, 0.15) is 10.9 Å². The van der Waals surface area contributed by atoms with Crippen LogP contribution in [-0.2, 0) is 14.8 Å². The SMILES string of the molecule is CC1=CC(CCC(=O)c2cccc(S(=O)(=O)Nc3ccsc3C(=O)N[C@@H](CCCN=C(N)N)C(=O)O)c2)=NC1. The van der Waals surface area contributed by atoms with Gasteiger partial charge in [0.25, 0.3) is 15.9 Å². The average molecular weight is 575 g/mol. The molecule has 0 spiro atoms. The lowest BCUT2D eigenvalue weighted by Crippen LogP contribution is -2.40. The molecule has 39 heavy (non-hydrogen) atoms. The molecule has 0 saturated carbocycles. The molecule has 1 atom stereocenters. The van der Waals surface area contributed by atoms with E-state index in [1.807, 2.05) is 13.0 Å². The monoisotopic (exact) mass is 574 g/mol. The van der Waals surface area contributed by atoms with Crippen molar-refractivity contribution >= 4 is 56.4 Å². The van der Waals surface area contributed by atoms with E-state index in [9.17, 15) is 27.9 Å². The number of sulfonamides is 1. The fourth-order valence-electron chi connectivity index (χ4n) is 3.73. The molecular weight excluding hydrogens is 544 g/mol. The molecule has 3 rings (SSSR count). The van der Waals surface area contributed by atoms with Gasteiger partial charge < -0.3 is 21.9 Å². The van der Waals surface area contributed by atoms with E-state index in [1.54, 1.807) is 6.07 Å². The summed E-state index contributed by atoms with van der Waals surface area (Å²) in [6, 6.07) is 5.82. The number of amides is 1. The predicted molar refractivity (Wildman–Crippen MR) is 150 cm³/mol. The Balaban J connectivity index is 1.68. The minimum atomic E-state index is -4.17. The molecule has 2 heterocycles. The molecule has 1 aromatic carbocycles. The van der Waals surface area contributed by atoms with Crippen molar-refractivity contribution in [2.45, 2.75) is 43.5 Å². The van der Waals surface area contributed by atoms with Crippen molar-refractivity contribution in [3.05, 3.63) is 57.8 Å². The molecule has 1 aliphatic rings. The highest BCUT2D eigenvalue weighted by Crippen LogP contribution is 2.26. The third kappa shape index (κ3) is 8.48. The molecule has 208 valence electrons. The van der Waals surface area contributed by atoms with Gasteiger partial charge in [-0.3, -0.25) is 24.3 Å². The average Bonchev–Trinajstić information content (AvgIpc) is 3.52. The zero-order valence-electron chi connectivity index (χ0n) is 21.2. The lowest BCUT2D eigenvalue weighted by atomic mass is 10.0. The number of aliphatic carboxylic acids is 1. The molecule has 1 amide bonds. The number of nitrogens with one attached hydrogen (secondary N) is 2. The zero-order valence-corrected chi connectivity index (χ0v) is 22.8. The zero-order chi connectivity index (χ0) is 28.6. The van der Waals surface area contributed by atoms with Gasteiger partial charge >= 0.3 is 5.97 Å². The van der Waals surface area contributed by atoms with Crippen molar-refractivity contribution in [3.8, 4) is 0 Å². The van der Waals surface area contributed by atoms with E-state index in [1.165, 1.54) is 29.6 Å². The van der Waals surface area contributed by atoms with E-state index in [2.05, 4.69) is 20.0 Å². The number of ketones is 1. The Morgan fingerprint density at radius 2 is 2.00 bits per heavy atom. The van der Waals surface area contributed by atoms with E-state index < -0.39 is 27.9 Å². The molecule has 1 aliphatic heterocycles. The number of hydrogen-bond donors (Lipinski definition) is 5. The minimum absolute atomic E-state index is 0.0121. The summed E-state index contributed by atoms with van der Waals surface area (Å²) in [5.41, 5.74) is 12.7. The smallest absolute Gasteiger partial charge is 0.326 e. The molecule has 14 heteroatoms. The Labute approximate surface area is 230 Å². The number of thiophene rings is 1. The summed E-state index contributed by atoms with van der Waals surface area (Å²) in [7, 11) is -4.17. The van der Waals surface area contributed by atoms with Gasteiger partial charge in [0.15, 0.2) is 11.7 Å². The van der Waals surface area contributed by atoms with E-state index in [0.29, 0.717) is 19.4 Å². The maximum absolute atomic E-state index is 13.1. The summed E-state index contributed by atoms with van der Waals surface area (Å²) in [4.78, 5) is 45.1. The first kappa shape index (κ1) is 29.5. The molecule has 1 aromatic heterocycles. The summed E-state index contributed by atoms with van der Waals surface area (Å²) in [6.45, 7) is 2.78. The Kier molecular flexibility index (Phi) is 9.95. The molecular formula is C25H30N6O6S2. The number of aliphatic imine (C=N–C) groups is 2. The van der Waals surface area contributed by atoms with Crippen LogP contribution in [0.4, 0.5) is 5.69 Å². The fourth-order valence-corrected chi connectivity index (χ4v) is 5.66. The number of carboxylic acid groups (broad SMARTS) is 1. The van der Waals surface area contributed by atoms with Gasteiger partial charge in [-0.1, -0.05) is 17.7 Å². The number of nitrogens with two attached hydrogens (primary N) is 2. The van der Waals surface area contributed by atoms with E-state index in [0.717, 1.165) is 22.6 Å². The number of benzene rings is 1. The van der Waals surface area contributed by atoms with Crippen LogP contribution in [0, 0.1) is 0 Å². The third-order valence-electron chi connectivity index (χ3n) is 5.68. The quantitative estimate of drug-likeness (QED) is 0.0975. The largest absolute Gasteiger partial charge is 0.480 e. The summed E-state index contributed by atoms with van der Waals surface area (Å²) in [5, 5.41) is 13.4. The van der Waals surface area contributed by atoms with Gasteiger partial charge in [-0.15, -0.1) is 11.3 Å². The highest BCUT2D eigenvalue weighted by atomic mass is 32.2. The Bertz CT molecular complexity index is 1440. The molecule has 0 unspecified atom stereocenters. The summed E-state index contributed by atoms with van der Waals surface area (Å²) in [5.74, 6) is -2.34. The van der Waals surface area contributed by atoms with Crippen molar-refractivity contribution in [3.63, 3.8) is 0 Å². The number of guanidine groups is 1. The van der Waals surface area contributed by atoms with Crippen molar-refractivity contribution in [1.82, 2.24) is 5.32 Å².